The molecular weight excluding hydrogens is 378 g/mol. The van der Waals surface area contributed by atoms with Crippen LogP contribution in [0, 0.1) is 0 Å². The van der Waals surface area contributed by atoms with Crippen molar-refractivity contribution in [1.82, 2.24) is 9.78 Å². The molecule has 0 spiro atoms. The average Bonchev–Trinajstić information content (AvgIpc) is 3.22. The Kier molecular flexibility index (Phi) is 4.88. The van der Waals surface area contributed by atoms with Crippen molar-refractivity contribution in [1.29, 1.82) is 0 Å². The first kappa shape index (κ1) is 18.3. The highest BCUT2D eigenvalue weighted by Gasteiger charge is 2.33. The van der Waals surface area contributed by atoms with E-state index in [2.05, 4.69) is 5.10 Å². The van der Waals surface area contributed by atoms with E-state index in [1.54, 1.807) is 34.1 Å². The van der Waals surface area contributed by atoms with Gasteiger partial charge in [-0.15, -0.1) is 0 Å². The van der Waals surface area contributed by atoms with E-state index in [0.717, 1.165) is 16.9 Å². The molecule has 0 saturated heterocycles. The summed E-state index contributed by atoms with van der Waals surface area (Å²) in [6, 6.07) is 14.7. The SMILES string of the molecule is COC(=O)[C@@H]1CCN(C(=O)c2cnn(-c3ccc(Cl)cc3)c2)c2ccccc21. The van der Waals surface area contributed by atoms with Crippen LogP contribution < -0.4 is 4.90 Å². The summed E-state index contributed by atoms with van der Waals surface area (Å²) < 4.78 is 6.56. The van der Waals surface area contributed by atoms with Gasteiger partial charge in [-0.2, -0.15) is 5.10 Å². The molecule has 1 amide bonds. The molecule has 6 nitrogen and oxygen atoms in total. The zero-order chi connectivity index (χ0) is 19.7. The molecule has 0 aliphatic carbocycles. The lowest BCUT2D eigenvalue weighted by atomic mass is 9.89. The predicted octanol–water partition coefficient (Wildman–Crippen LogP) is 3.83. The Balaban J connectivity index is 1.63. The molecule has 0 saturated carbocycles. The van der Waals surface area contributed by atoms with E-state index in [1.165, 1.54) is 7.11 Å². The first-order valence-electron chi connectivity index (χ1n) is 8.87. The lowest BCUT2D eigenvalue weighted by molar-refractivity contribution is -0.142. The van der Waals surface area contributed by atoms with Crippen LogP contribution in [0.25, 0.3) is 5.69 Å². The quantitative estimate of drug-likeness (QED) is 0.632. The molecule has 2 heterocycles. The Labute approximate surface area is 167 Å². The van der Waals surface area contributed by atoms with Gasteiger partial charge in [-0.25, -0.2) is 4.68 Å². The molecule has 1 atom stereocenters. The van der Waals surface area contributed by atoms with Crippen LogP contribution in [-0.2, 0) is 9.53 Å². The van der Waals surface area contributed by atoms with Crippen LogP contribution in [0.1, 0.15) is 28.3 Å². The van der Waals surface area contributed by atoms with Crippen molar-refractivity contribution in [3.8, 4) is 5.69 Å². The molecule has 4 rings (SSSR count). The second kappa shape index (κ2) is 7.48. The predicted molar refractivity (Wildman–Crippen MR) is 106 cm³/mol. The number of para-hydroxylation sites is 1. The molecule has 0 bridgehead atoms. The molecule has 0 unspecified atom stereocenters. The molecule has 28 heavy (non-hydrogen) atoms. The number of fused-ring (bicyclic) bond motifs is 1. The fourth-order valence-corrected chi connectivity index (χ4v) is 3.61. The van der Waals surface area contributed by atoms with Gasteiger partial charge >= 0.3 is 5.97 Å². The monoisotopic (exact) mass is 395 g/mol. The van der Waals surface area contributed by atoms with Crippen LogP contribution in [0.3, 0.4) is 0 Å². The maximum Gasteiger partial charge on any atom is 0.313 e. The van der Waals surface area contributed by atoms with Crippen LogP contribution in [0.5, 0.6) is 0 Å². The average molecular weight is 396 g/mol. The lowest BCUT2D eigenvalue weighted by Gasteiger charge is -2.32. The molecular formula is C21H18ClN3O3. The number of methoxy groups -OCH3 is 1. The molecule has 2 aromatic carbocycles. The maximum absolute atomic E-state index is 13.1. The molecule has 0 fully saturated rings. The number of halogens is 1. The highest BCUT2D eigenvalue weighted by Crippen LogP contribution is 2.36. The number of amides is 1. The Morgan fingerprint density at radius 3 is 2.64 bits per heavy atom. The smallest absolute Gasteiger partial charge is 0.313 e. The number of esters is 1. The number of benzene rings is 2. The normalized spacial score (nSPS) is 15.8. The van der Waals surface area contributed by atoms with Crippen LogP contribution in [0.2, 0.25) is 5.02 Å². The minimum atomic E-state index is -0.359. The first-order valence-corrected chi connectivity index (χ1v) is 9.25. The van der Waals surface area contributed by atoms with Crippen molar-refractivity contribution >= 4 is 29.2 Å². The summed E-state index contributed by atoms with van der Waals surface area (Å²) >= 11 is 5.93. The molecule has 1 aliphatic heterocycles. The number of nitrogens with zero attached hydrogens (tertiary/aromatic N) is 3. The third kappa shape index (κ3) is 3.27. The van der Waals surface area contributed by atoms with Gasteiger partial charge in [0.2, 0.25) is 0 Å². The number of ether oxygens (including phenoxy) is 1. The van der Waals surface area contributed by atoms with Crippen LogP contribution in [0.4, 0.5) is 5.69 Å². The Bertz CT molecular complexity index is 1030. The van der Waals surface area contributed by atoms with E-state index in [9.17, 15) is 9.59 Å². The van der Waals surface area contributed by atoms with Gasteiger partial charge in [-0.3, -0.25) is 9.59 Å². The van der Waals surface area contributed by atoms with E-state index < -0.39 is 0 Å². The number of anilines is 1. The van der Waals surface area contributed by atoms with Gasteiger partial charge in [0, 0.05) is 23.5 Å². The van der Waals surface area contributed by atoms with Gasteiger partial charge in [0.15, 0.2) is 0 Å². The standard InChI is InChI=1S/C21H18ClN3O3/c1-28-21(27)18-10-11-24(19-5-3-2-4-17(18)19)20(26)14-12-23-25(13-14)16-8-6-15(22)7-9-16/h2-9,12-13,18H,10-11H2,1H3/t18-/m1/s1. The van der Waals surface area contributed by atoms with Gasteiger partial charge in [0.25, 0.3) is 5.91 Å². The van der Waals surface area contributed by atoms with Gasteiger partial charge in [0.1, 0.15) is 0 Å². The van der Waals surface area contributed by atoms with Gasteiger partial charge < -0.3 is 9.64 Å². The van der Waals surface area contributed by atoms with E-state index in [1.807, 2.05) is 36.4 Å². The van der Waals surface area contributed by atoms with Gasteiger partial charge in [-0.1, -0.05) is 29.8 Å². The van der Waals surface area contributed by atoms with Crippen molar-refractivity contribution in [2.75, 3.05) is 18.6 Å². The van der Waals surface area contributed by atoms with Gasteiger partial charge in [0.05, 0.1) is 30.5 Å². The van der Waals surface area contributed by atoms with Crippen molar-refractivity contribution < 1.29 is 14.3 Å². The van der Waals surface area contributed by atoms with Crippen LogP contribution in [0.15, 0.2) is 60.9 Å². The fraction of sp³-hybridized carbons (Fsp3) is 0.190. The van der Waals surface area contributed by atoms with E-state index in [4.69, 9.17) is 16.3 Å². The molecule has 0 radical (unpaired) electrons. The fourth-order valence-electron chi connectivity index (χ4n) is 3.48. The van der Waals surface area contributed by atoms with Crippen molar-refractivity contribution in [3.63, 3.8) is 0 Å². The Morgan fingerprint density at radius 1 is 1.14 bits per heavy atom. The molecule has 7 heteroatoms. The summed E-state index contributed by atoms with van der Waals surface area (Å²) in [6.07, 6.45) is 3.76. The third-order valence-electron chi connectivity index (χ3n) is 4.90. The summed E-state index contributed by atoms with van der Waals surface area (Å²) in [6.45, 7) is 0.432. The highest BCUT2D eigenvalue weighted by molar-refractivity contribution is 6.30. The molecule has 0 N–H and O–H groups in total. The van der Waals surface area contributed by atoms with Crippen LogP contribution >= 0.6 is 11.6 Å². The summed E-state index contributed by atoms with van der Waals surface area (Å²) in [7, 11) is 1.38. The summed E-state index contributed by atoms with van der Waals surface area (Å²) in [4.78, 5) is 26.9. The molecule has 1 aliphatic rings. The van der Waals surface area contributed by atoms with Crippen molar-refractivity contribution in [2.24, 2.45) is 0 Å². The Morgan fingerprint density at radius 2 is 1.89 bits per heavy atom. The highest BCUT2D eigenvalue weighted by atomic mass is 35.5. The number of hydrogen-bond acceptors (Lipinski definition) is 4. The third-order valence-corrected chi connectivity index (χ3v) is 5.15. The van der Waals surface area contributed by atoms with E-state index >= 15 is 0 Å². The number of carbonyl (C=O) groups excluding carboxylic acids is 2. The largest absolute Gasteiger partial charge is 0.469 e. The first-order chi connectivity index (χ1) is 13.6. The van der Waals surface area contributed by atoms with Gasteiger partial charge in [-0.05, 0) is 42.3 Å². The minimum Gasteiger partial charge on any atom is -0.469 e. The number of aromatic nitrogens is 2. The lowest BCUT2D eigenvalue weighted by Crippen LogP contribution is -2.38. The maximum atomic E-state index is 13.1. The zero-order valence-electron chi connectivity index (χ0n) is 15.2. The van der Waals surface area contributed by atoms with E-state index in [0.29, 0.717) is 23.6 Å². The van der Waals surface area contributed by atoms with Crippen LogP contribution in [-0.4, -0.2) is 35.3 Å². The number of carbonyl (C=O) groups is 2. The van der Waals surface area contributed by atoms with E-state index in [-0.39, 0.29) is 17.8 Å². The number of hydrogen-bond donors (Lipinski definition) is 0. The van der Waals surface area contributed by atoms with Crippen molar-refractivity contribution in [2.45, 2.75) is 12.3 Å². The second-order valence-corrected chi connectivity index (χ2v) is 6.97. The topological polar surface area (TPSA) is 64.4 Å². The molecule has 1 aromatic heterocycles. The summed E-state index contributed by atoms with van der Waals surface area (Å²) in [5, 5.41) is 4.93. The molecule has 142 valence electrons. The zero-order valence-corrected chi connectivity index (χ0v) is 16.0. The minimum absolute atomic E-state index is 0.157. The second-order valence-electron chi connectivity index (χ2n) is 6.53. The summed E-state index contributed by atoms with van der Waals surface area (Å²) in [5.74, 6) is -0.798. The Hall–Kier alpha value is -3.12. The number of rotatable bonds is 3. The summed E-state index contributed by atoms with van der Waals surface area (Å²) in [5.41, 5.74) is 2.82. The van der Waals surface area contributed by atoms with Crippen molar-refractivity contribution in [3.05, 3.63) is 77.1 Å². The molecule has 3 aromatic rings.